The summed E-state index contributed by atoms with van der Waals surface area (Å²) in [6.07, 6.45) is 7.84. The highest BCUT2D eigenvalue weighted by molar-refractivity contribution is 5.93. The van der Waals surface area contributed by atoms with E-state index in [0.29, 0.717) is 0 Å². The first-order chi connectivity index (χ1) is 12.2. The average Bonchev–Trinajstić information content (AvgIpc) is 2.97. The van der Waals surface area contributed by atoms with Gasteiger partial charge in [0.15, 0.2) is 0 Å². The fraction of sp³-hybridized carbons (Fsp3) is 0.273. The van der Waals surface area contributed by atoms with Crippen LogP contribution in [0.1, 0.15) is 18.4 Å². The number of benzene rings is 2. The van der Waals surface area contributed by atoms with E-state index >= 15 is 0 Å². The Labute approximate surface area is 148 Å². The third-order valence-electron chi connectivity index (χ3n) is 5.15. The fourth-order valence-corrected chi connectivity index (χ4v) is 3.69. The molecule has 0 atom stereocenters. The van der Waals surface area contributed by atoms with Crippen LogP contribution in [0.5, 0.6) is 0 Å². The molecule has 3 aromatic rings. The standard InChI is InChI=1S/C22H23FN2/c1-24-16-22(20-10-9-19(23)15-21(20)24)25-13-11-18(12-14-25)8-7-17-5-3-2-4-6-17/h2-6,9-11,15-16H,7-8,12-14H2,1H3. The van der Waals surface area contributed by atoms with Gasteiger partial charge in [-0.2, -0.15) is 0 Å². The van der Waals surface area contributed by atoms with Crippen LogP contribution in [-0.2, 0) is 13.5 Å². The summed E-state index contributed by atoms with van der Waals surface area (Å²) in [5.41, 5.74) is 5.11. The van der Waals surface area contributed by atoms with Crippen molar-refractivity contribution in [2.24, 2.45) is 7.05 Å². The summed E-state index contributed by atoms with van der Waals surface area (Å²) in [5, 5.41) is 1.13. The van der Waals surface area contributed by atoms with Crippen molar-refractivity contribution in [1.82, 2.24) is 4.57 Å². The predicted molar refractivity (Wildman–Crippen MR) is 103 cm³/mol. The summed E-state index contributed by atoms with van der Waals surface area (Å²) in [6, 6.07) is 15.7. The first kappa shape index (κ1) is 15.9. The van der Waals surface area contributed by atoms with E-state index in [4.69, 9.17) is 0 Å². The highest BCUT2D eigenvalue weighted by atomic mass is 19.1. The molecule has 2 nitrogen and oxygen atoms in total. The lowest BCUT2D eigenvalue weighted by atomic mass is 9.99. The number of hydrogen-bond acceptors (Lipinski definition) is 1. The molecule has 3 heteroatoms. The van der Waals surface area contributed by atoms with Crippen molar-refractivity contribution < 1.29 is 4.39 Å². The molecule has 128 valence electrons. The Bertz CT molecular complexity index is 908. The van der Waals surface area contributed by atoms with Crippen molar-refractivity contribution in [3.63, 3.8) is 0 Å². The van der Waals surface area contributed by atoms with Gasteiger partial charge >= 0.3 is 0 Å². The molecule has 4 rings (SSSR count). The van der Waals surface area contributed by atoms with Crippen LogP contribution < -0.4 is 4.90 Å². The number of nitrogens with zero attached hydrogens (tertiary/aromatic N) is 2. The molecule has 0 fully saturated rings. The van der Waals surface area contributed by atoms with Crippen molar-refractivity contribution in [2.45, 2.75) is 19.3 Å². The van der Waals surface area contributed by atoms with Crippen LogP contribution in [0.25, 0.3) is 10.9 Å². The van der Waals surface area contributed by atoms with Crippen molar-refractivity contribution in [3.8, 4) is 0 Å². The molecular formula is C22H23FN2. The monoisotopic (exact) mass is 334 g/mol. The molecular weight excluding hydrogens is 311 g/mol. The van der Waals surface area contributed by atoms with Gasteiger partial charge in [0.1, 0.15) is 5.82 Å². The highest BCUT2D eigenvalue weighted by Gasteiger charge is 2.17. The summed E-state index contributed by atoms with van der Waals surface area (Å²) in [4.78, 5) is 2.40. The summed E-state index contributed by atoms with van der Waals surface area (Å²) < 4.78 is 15.5. The van der Waals surface area contributed by atoms with Gasteiger partial charge in [-0.3, -0.25) is 0 Å². The molecule has 0 N–H and O–H groups in total. The van der Waals surface area contributed by atoms with E-state index < -0.39 is 0 Å². The molecule has 25 heavy (non-hydrogen) atoms. The second-order valence-corrected chi connectivity index (χ2v) is 6.83. The van der Waals surface area contributed by atoms with Crippen LogP contribution in [0.3, 0.4) is 0 Å². The topological polar surface area (TPSA) is 8.17 Å². The molecule has 2 aromatic carbocycles. The smallest absolute Gasteiger partial charge is 0.125 e. The third kappa shape index (κ3) is 3.32. The summed E-state index contributed by atoms with van der Waals surface area (Å²) in [6.45, 7) is 1.96. The Morgan fingerprint density at radius 2 is 1.88 bits per heavy atom. The quantitative estimate of drug-likeness (QED) is 0.604. The van der Waals surface area contributed by atoms with Crippen LogP contribution in [0.4, 0.5) is 10.1 Å². The van der Waals surface area contributed by atoms with Crippen molar-refractivity contribution in [2.75, 3.05) is 18.0 Å². The Morgan fingerprint density at radius 3 is 2.64 bits per heavy atom. The van der Waals surface area contributed by atoms with Crippen molar-refractivity contribution >= 4 is 16.6 Å². The zero-order chi connectivity index (χ0) is 17.2. The Hall–Kier alpha value is -2.55. The number of rotatable bonds is 4. The SMILES string of the molecule is Cn1cc(N2CC=C(CCc3ccccc3)CC2)c2ccc(F)cc21. The minimum absolute atomic E-state index is 0.179. The molecule has 0 unspecified atom stereocenters. The van der Waals surface area contributed by atoms with Gasteiger partial charge in [-0.25, -0.2) is 4.39 Å². The van der Waals surface area contributed by atoms with E-state index in [9.17, 15) is 4.39 Å². The number of aryl methyl sites for hydroxylation is 2. The average molecular weight is 334 g/mol. The highest BCUT2D eigenvalue weighted by Crippen LogP contribution is 2.31. The van der Waals surface area contributed by atoms with Crippen LogP contribution in [0, 0.1) is 5.82 Å². The fourth-order valence-electron chi connectivity index (χ4n) is 3.69. The van der Waals surface area contributed by atoms with Crippen LogP contribution in [-0.4, -0.2) is 17.7 Å². The van der Waals surface area contributed by atoms with Crippen LogP contribution in [0.2, 0.25) is 0 Å². The molecule has 0 spiro atoms. The molecule has 1 aliphatic heterocycles. The van der Waals surface area contributed by atoms with Gasteiger partial charge in [0.2, 0.25) is 0 Å². The van der Waals surface area contributed by atoms with Gasteiger partial charge in [0.25, 0.3) is 0 Å². The lowest BCUT2D eigenvalue weighted by Gasteiger charge is -2.28. The second kappa shape index (κ2) is 6.75. The largest absolute Gasteiger partial charge is 0.366 e. The Morgan fingerprint density at radius 1 is 1.04 bits per heavy atom. The van der Waals surface area contributed by atoms with Gasteiger partial charge < -0.3 is 9.47 Å². The predicted octanol–water partition coefficient (Wildman–Crippen LogP) is 5.09. The number of aromatic nitrogens is 1. The van der Waals surface area contributed by atoms with E-state index in [1.54, 1.807) is 17.7 Å². The molecule has 0 bridgehead atoms. The minimum atomic E-state index is -0.179. The van der Waals surface area contributed by atoms with Crippen molar-refractivity contribution in [1.29, 1.82) is 0 Å². The van der Waals surface area contributed by atoms with Gasteiger partial charge in [-0.1, -0.05) is 42.0 Å². The van der Waals surface area contributed by atoms with E-state index in [2.05, 4.69) is 47.5 Å². The first-order valence-electron chi connectivity index (χ1n) is 8.92. The van der Waals surface area contributed by atoms with Gasteiger partial charge in [-0.05, 0) is 43.0 Å². The van der Waals surface area contributed by atoms with Crippen molar-refractivity contribution in [3.05, 3.63) is 77.8 Å². The molecule has 0 saturated carbocycles. The maximum Gasteiger partial charge on any atom is 0.125 e. The molecule has 0 radical (unpaired) electrons. The number of halogens is 1. The van der Waals surface area contributed by atoms with Crippen LogP contribution in [0.15, 0.2) is 66.4 Å². The number of anilines is 1. The second-order valence-electron chi connectivity index (χ2n) is 6.83. The number of hydrogen-bond donors (Lipinski definition) is 0. The number of fused-ring (bicyclic) bond motifs is 1. The van der Waals surface area contributed by atoms with E-state index in [0.717, 1.165) is 43.3 Å². The van der Waals surface area contributed by atoms with Gasteiger partial charge in [-0.15, -0.1) is 0 Å². The Balaban J connectivity index is 1.47. The molecule has 1 aliphatic rings. The summed E-state index contributed by atoms with van der Waals surface area (Å²) in [7, 11) is 1.98. The molecule has 0 saturated heterocycles. The molecule has 0 aliphatic carbocycles. The molecule has 0 amide bonds. The molecule has 2 heterocycles. The normalized spacial score (nSPS) is 14.8. The summed E-state index contributed by atoms with van der Waals surface area (Å²) in [5.74, 6) is -0.179. The van der Waals surface area contributed by atoms with Crippen LogP contribution >= 0.6 is 0 Å². The first-order valence-corrected chi connectivity index (χ1v) is 8.92. The van der Waals surface area contributed by atoms with Gasteiger partial charge in [0, 0.05) is 31.7 Å². The maximum atomic E-state index is 13.5. The lowest BCUT2D eigenvalue weighted by Crippen LogP contribution is -2.28. The van der Waals surface area contributed by atoms with E-state index in [1.165, 1.54) is 11.3 Å². The van der Waals surface area contributed by atoms with E-state index in [1.807, 2.05) is 17.7 Å². The summed E-state index contributed by atoms with van der Waals surface area (Å²) >= 11 is 0. The lowest BCUT2D eigenvalue weighted by molar-refractivity contribution is 0.629. The Kier molecular flexibility index (Phi) is 4.31. The zero-order valence-corrected chi connectivity index (χ0v) is 14.6. The van der Waals surface area contributed by atoms with Gasteiger partial charge in [0.05, 0.1) is 11.2 Å². The zero-order valence-electron chi connectivity index (χ0n) is 14.6. The minimum Gasteiger partial charge on any atom is -0.366 e. The van der Waals surface area contributed by atoms with E-state index in [-0.39, 0.29) is 5.82 Å². The maximum absolute atomic E-state index is 13.5. The third-order valence-corrected chi connectivity index (χ3v) is 5.15. The molecule has 1 aromatic heterocycles.